The zero-order chi connectivity index (χ0) is 17.8. The highest BCUT2D eigenvalue weighted by atomic mass is 32.2. The Hall–Kier alpha value is -2.87. The Morgan fingerprint density at radius 1 is 1.36 bits per heavy atom. The molecule has 128 valence electrons. The molecule has 3 rings (SSSR count). The molecule has 0 unspecified atom stereocenters. The molecule has 3 amide bonds. The fraction of sp³-hybridized carbons (Fsp3) is 0.176. The van der Waals surface area contributed by atoms with Crippen LogP contribution in [0.15, 0.2) is 46.0 Å². The van der Waals surface area contributed by atoms with Crippen LogP contribution >= 0.6 is 11.8 Å². The van der Waals surface area contributed by atoms with Gasteiger partial charge in [-0.25, -0.2) is 0 Å². The molecule has 2 aromatic heterocycles. The van der Waals surface area contributed by atoms with E-state index in [4.69, 9.17) is 4.42 Å². The smallest absolute Gasteiger partial charge is 0.293 e. The molecule has 0 bridgehead atoms. The minimum absolute atomic E-state index is 0.0977. The number of aromatic nitrogens is 1. The van der Waals surface area contributed by atoms with E-state index in [9.17, 15) is 14.4 Å². The van der Waals surface area contributed by atoms with Crippen LogP contribution < -0.4 is 5.32 Å². The molecule has 1 aliphatic rings. The molecular formula is C17H15N3O4S. The maximum absolute atomic E-state index is 12.3. The minimum Gasteiger partial charge on any atom is -0.456 e. The standard InChI is InChI=1S/C17H15N3O4S/c1-11-4-5-13(24-11)15(21)19-7-8-20-16(22)14(25-17(20)23)9-12-3-2-6-18-10-12/h2-6,9-10H,7-8H2,1H3,(H,19,21)/b14-9+. The van der Waals surface area contributed by atoms with Crippen LogP contribution in [-0.2, 0) is 4.79 Å². The quantitative estimate of drug-likeness (QED) is 0.826. The lowest BCUT2D eigenvalue weighted by molar-refractivity contribution is -0.122. The van der Waals surface area contributed by atoms with E-state index in [2.05, 4.69) is 10.3 Å². The summed E-state index contributed by atoms with van der Waals surface area (Å²) >= 11 is 0.875. The van der Waals surface area contributed by atoms with E-state index in [1.165, 1.54) is 0 Å². The third-order valence-electron chi connectivity index (χ3n) is 3.44. The van der Waals surface area contributed by atoms with Crippen molar-refractivity contribution < 1.29 is 18.8 Å². The van der Waals surface area contributed by atoms with Gasteiger partial charge in [-0.2, -0.15) is 0 Å². The first kappa shape index (κ1) is 17.0. The Kier molecular flexibility index (Phi) is 4.99. The molecule has 2 aromatic rings. The topological polar surface area (TPSA) is 92.5 Å². The number of rotatable bonds is 5. The Labute approximate surface area is 148 Å². The molecule has 0 radical (unpaired) electrons. The number of thioether (sulfide) groups is 1. The van der Waals surface area contributed by atoms with Crippen LogP contribution in [0.2, 0.25) is 0 Å². The van der Waals surface area contributed by atoms with Crippen molar-refractivity contribution >= 4 is 34.9 Å². The van der Waals surface area contributed by atoms with Gasteiger partial charge < -0.3 is 9.73 Å². The summed E-state index contributed by atoms with van der Waals surface area (Å²) in [5.74, 6) is 0.0765. The Bertz CT molecular complexity index is 845. The van der Waals surface area contributed by atoms with Crippen molar-refractivity contribution in [2.75, 3.05) is 13.1 Å². The molecule has 0 atom stereocenters. The van der Waals surface area contributed by atoms with Gasteiger partial charge in [-0.1, -0.05) is 6.07 Å². The van der Waals surface area contributed by atoms with Crippen molar-refractivity contribution in [2.45, 2.75) is 6.92 Å². The second-order valence-corrected chi connectivity index (χ2v) is 6.28. The molecule has 25 heavy (non-hydrogen) atoms. The van der Waals surface area contributed by atoms with E-state index in [-0.39, 0.29) is 35.9 Å². The van der Waals surface area contributed by atoms with Gasteiger partial charge in [-0.05, 0) is 48.5 Å². The first-order chi connectivity index (χ1) is 12.0. The van der Waals surface area contributed by atoms with Gasteiger partial charge in [0.05, 0.1) is 4.91 Å². The molecule has 1 fully saturated rings. The molecule has 0 aliphatic carbocycles. The number of amides is 3. The van der Waals surface area contributed by atoms with Gasteiger partial charge in [0.15, 0.2) is 5.76 Å². The maximum Gasteiger partial charge on any atom is 0.293 e. The molecule has 1 N–H and O–H groups in total. The average Bonchev–Trinajstić information content (AvgIpc) is 3.14. The predicted molar refractivity (Wildman–Crippen MR) is 92.7 cm³/mol. The zero-order valence-electron chi connectivity index (χ0n) is 13.4. The van der Waals surface area contributed by atoms with E-state index in [0.29, 0.717) is 10.7 Å². The third-order valence-corrected chi connectivity index (χ3v) is 4.35. The van der Waals surface area contributed by atoms with E-state index in [1.807, 2.05) is 0 Å². The van der Waals surface area contributed by atoms with Crippen molar-refractivity contribution in [3.05, 3.63) is 58.6 Å². The number of carbonyl (C=O) groups excluding carboxylic acids is 3. The Morgan fingerprint density at radius 2 is 2.20 bits per heavy atom. The summed E-state index contributed by atoms with van der Waals surface area (Å²) in [5.41, 5.74) is 0.745. The summed E-state index contributed by atoms with van der Waals surface area (Å²) in [6.45, 7) is 1.99. The maximum atomic E-state index is 12.3. The number of carbonyl (C=O) groups is 3. The summed E-state index contributed by atoms with van der Waals surface area (Å²) in [6.07, 6.45) is 4.87. The predicted octanol–water partition coefficient (Wildman–Crippen LogP) is 2.45. The number of nitrogens with one attached hydrogen (secondary N) is 1. The first-order valence-electron chi connectivity index (χ1n) is 7.54. The summed E-state index contributed by atoms with van der Waals surface area (Å²) in [5, 5.41) is 2.27. The van der Waals surface area contributed by atoms with Crippen LogP contribution in [-0.4, -0.2) is 40.0 Å². The van der Waals surface area contributed by atoms with E-state index in [0.717, 1.165) is 22.2 Å². The molecule has 1 aliphatic heterocycles. The first-order valence-corrected chi connectivity index (χ1v) is 8.36. The van der Waals surface area contributed by atoms with Gasteiger partial charge in [-0.15, -0.1) is 0 Å². The number of imide groups is 1. The van der Waals surface area contributed by atoms with Gasteiger partial charge in [0.2, 0.25) is 0 Å². The van der Waals surface area contributed by atoms with E-state index in [1.54, 1.807) is 49.7 Å². The zero-order valence-corrected chi connectivity index (χ0v) is 14.2. The minimum atomic E-state index is -0.383. The molecule has 7 nitrogen and oxygen atoms in total. The summed E-state index contributed by atoms with van der Waals surface area (Å²) in [7, 11) is 0. The lowest BCUT2D eigenvalue weighted by Gasteiger charge is -2.12. The second kappa shape index (κ2) is 7.35. The van der Waals surface area contributed by atoms with Crippen molar-refractivity contribution in [3.8, 4) is 0 Å². The number of nitrogens with zero attached hydrogens (tertiary/aromatic N) is 2. The van der Waals surface area contributed by atoms with Gasteiger partial charge in [0, 0.05) is 25.5 Å². The molecule has 0 spiro atoms. The number of pyridine rings is 1. The number of aryl methyl sites for hydroxylation is 1. The molecule has 3 heterocycles. The normalized spacial score (nSPS) is 15.9. The largest absolute Gasteiger partial charge is 0.456 e. The molecule has 0 saturated carbocycles. The van der Waals surface area contributed by atoms with Gasteiger partial charge in [-0.3, -0.25) is 24.3 Å². The third kappa shape index (κ3) is 3.97. The lowest BCUT2D eigenvalue weighted by atomic mass is 10.2. The Morgan fingerprint density at radius 3 is 2.88 bits per heavy atom. The van der Waals surface area contributed by atoms with Crippen molar-refractivity contribution in [2.24, 2.45) is 0 Å². The van der Waals surface area contributed by atoms with Crippen LogP contribution in [0.25, 0.3) is 6.08 Å². The highest BCUT2D eigenvalue weighted by Crippen LogP contribution is 2.31. The number of furan rings is 1. The van der Waals surface area contributed by atoms with E-state index >= 15 is 0 Å². The SMILES string of the molecule is Cc1ccc(C(=O)NCCN2C(=O)S/C(=C/c3cccnc3)C2=O)o1. The monoisotopic (exact) mass is 357 g/mol. The highest BCUT2D eigenvalue weighted by molar-refractivity contribution is 8.18. The fourth-order valence-corrected chi connectivity index (χ4v) is 3.10. The van der Waals surface area contributed by atoms with Crippen molar-refractivity contribution in [1.29, 1.82) is 0 Å². The summed E-state index contributed by atoms with van der Waals surface area (Å²) < 4.78 is 5.21. The van der Waals surface area contributed by atoms with Crippen LogP contribution in [0.5, 0.6) is 0 Å². The molecule has 0 aromatic carbocycles. The second-order valence-electron chi connectivity index (χ2n) is 5.29. The fourth-order valence-electron chi connectivity index (χ4n) is 2.23. The summed E-state index contributed by atoms with van der Waals surface area (Å²) in [4.78, 5) is 41.7. The van der Waals surface area contributed by atoms with Crippen molar-refractivity contribution in [1.82, 2.24) is 15.2 Å². The highest BCUT2D eigenvalue weighted by Gasteiger charge is 2.34. The van der Waals surface area contributed by atoms with Crippen LogP contribution in [0.1, 0.15) is 21.9 Å². The van der Waals surface area contributed by atoms with Crippen LogP contribution in [0, 0.1) is 6.92 Å². The molecule has 1 saturated heterocycles. The van der Waals surface area contributed by atoms with Gasteiger partial charge in [0.25, 0.3) is 17.1 Å². The van der Waals surface area contributed by atoms with Gasteiger partial charge in [0.1, 0.15) is 5.76 Å². The number of hydrogen-bond acceptors (Lipinski definition) is 6. The lowest BCUT2D eigenvalue weighted by Crippen LogP contribution is -2.37. The molecular weight excluding hydrogens is 342 g/mol. The van der Waals surface area contributed by atoms with Crippen molar-refractivity contribution in [3.63, 3.8) is 0 Å². The van der Waals surface area contributed by atoms with E-state index < -0.39 is 0 Å². The molecule has 8 heteroatoms. The summed E-state index contributed by atoms with van der Waals surface area (Å²) in [6, 6.07) is 6.81. The number of hydrogen-bond donors (Lipinski definition) is 1. The van der Waals surface area contributed by atoms with Crippen LogP contribution in [0.4, 0.5) is 4.79 Å². The van der Waals surface area contributed by atoms with Crippen LogP contribution in [0.3, 0.4) is 0 Å². The Balaban J connectivity index is 1.58. The van der Waals surface area contributed by atoms with Gasteiger partial charge >= 0.3 is 0 Å². The average molecular weight is 357 g/mol.